The smallest absolute Gasteiger partial charge is 0.248 e. The first kappa shape index (κ1) is 22.3. The molecule has 0 N–H and O–H groups in total. The quantitative estimate of drug-likeness (QED) is 0.626. The molecular weight excluding hydrogens is 443 g/mol. The Hall–Kier alpha value is -2.49. The van der Waals surface area contributed by atoms with Gasteiger partial charge in [0, 0.05) is 24.6 Å². The van der Waals surface area contributed by atoms with Gasteiger partial charge in [0.2, 0.25) is 5.91 Å². The first-order chi connectivity index (χ1) is 15.9. The van der Waals surface area contributed by atoms with Crippen LogP contribution in [0.25, 0.3) is 5.57 Å². The lowest BCUT2D eigenvalue weighted by molar-refractivity contribution is -0.152. The molecule has 0 aliphatic carbocycles. The molecule has 4 unspecified atom stereocenters. The van der Waals surface area contributed by atoms with Crippen LogP contribution in [-0.2, 0) is 14.3 Å². The lowest BCUT2D eigenvalue weighted by atomic mass is 9.91. The van der Waals surface area contributed by atoms with Crippen molar-refractivity contribution in [1.29, 1.82) is 0 Å². The average molecular weight is 471 g/mol. The molecule has 1 aromatic carbocycles. The standard InChI is InChI=1S/C24H27FN4O3S/c1-4-16(17-7-6-15(25)8-13(17)3)23-27-26-22(33-23)14-9-20(30)21-24(31)28(5-2)18-11-32-12-19(18)29(21)10-14/h6-9,16,18-19,21H,4-5,10-12H2,1-3H3. The third-order valence-electron chi connectivity index (χ3n) is 7.00. The van der Waals surface area contributed by atoms with Crippen LogP contribution in [0.5, 0.6) is 0 Å². The molecule has 174 valence electrons. The summed E-state index contributed by atoms with van der Waals surface area (Å²) in [6.45, 7) is 7.95. The van der Waals surface area contributed by atoms with Gasteiger partial charge in [-0.15, -0.1) is 10.2 Å². The van der Waals surface area contributed by atoms with E-state index in [2.05, 4.69) is 17.1 Å². The Labute approximate surface area is 196 Å². The zero-order chi connectivity index (χ0) is 23.3. The fourth-order valence-corrected chi connectivity index (χ4v) is 6.42. The SMILES string of the molecule is CCC(c1nnc(C2=CC(=O)C3C(=O)N(CC)C4COCC4N3C2)s1)c1ccc(F)cc1C. The number of likely N-dealkylation sites (N-methyl/N-ethyl adjacent to an activating group) is 1. The van der Waals surface area contributed by atoms with Crippen molar-refractivity contribution >= 4 is 28.6 Å². The van der Waals surface area contributed by atoms with Crippen molar-refractivity contribution in [3.8, 4) is 0 Å². The van der Waals surface area contributed by atoms with Gasteiger partial charge < -0.3 is 9.64 Å². The summed E-state index contributed by atoms with van der Waals surface area (Å²) in [5.41, 5.74) is 2.70. The first-order valence-electron chi connectivity index (χ1n) is 11.4. The molecule has 1 amide bonds. The van der Waals surface area contributed by atoms with Crippen LogP contribution in [0, 0.1) is 12.7 Å². The number of hydrogen-bond donors (Lipinski definition) is 0. The van der Waals surface area contributed by atoms with Gasteiger partial charge in [0.15, 0.2) is 11.8 Å². The Morgan fingerprint density at radius 2 is 2.00 bits per heavy atom. The number of rotatable bonds is 5. The van der Waals surface area contributed by atoms with Crippen LogP contribution in [0.15, 0.2) is 24.3 Å². The lowest BCUT2D eigenvalue weighted by Gasteiger charge is -2.48. The summed E-state index contributed by atoms with van der Waals surface area (Å²) in [6.07, 6.45) is 2.37. The highest BCUT2D eigenvalue weighted by atomic mass is 32.1. The Morgan fingerprint density at radius 1 is 1.21 bits per heavy atom. The van der Waals surface area contributed by atoms with Gasteiger partial charge in [-0.25, -0.2) is 4.39 Å². The van der Waals surface area contributed by atoms with Crippen molar-refractivity contribution in [1.82, 2.24) is 20.0 Å². The van der Waals surface area contributed by atoms with Crippen molar-refractivity contribution in [2.75, 3.05) is 26.3 Å². The molecular formula is C24H27FN4O3S. The third-order valence-corrected chi connectivity index (χ3v) is 8.12. The molecule has 9 heteroatoms. The molecule has 2 aromatic rings. The van der Waals surface area contributed by atoms with E-state index in [4.69, 9.17) is 4.74 Å². The maximum absolute atomic E-state index is 13.6. The summed E-state index contributed by atoms with van der Waals surface area (Å²) < 4.78 is 19.3. The summed E-state index contributed by atoms with van der Waals surface area (Å²) in [4.78, 5) is 29.9. The van der Waals surface area contributed by atoms with Crippen molar-refractivity contribution in [2.24, 2.45) is 0 Å². The van der Waals surface area contributed by atoms with Crippen LogP contribution in [0.3, 0.4) is 0 Å². The van der Waals surface area contributed by atoms with E-state index in [-0.39, 0.29) is 35.5 Å². The van der Waals surface area contributed by atoms with Crippen LogP contribution in [-0.4, -0.2) is 76.1 Å². The van der Waals surface area contributed by atoms with Crippen LogP contribution >= 0.6 is 11.3 Å². The number of ketones is 1. The highest BCUT2D eigenvalue weighted by Crippen LogP contribution is 2.37. The fraction of sp³-hybridized carbons (Fsp3) is 0.500. The zero-order valence-electron chi connectivity index (χ0n) is 19.0. The van der Waals surface area contributed by atoms with Crippen molar-refractivity contribution in [3.63, 3.8) is 0 Å². The summed E-state index contributed by atoms with van der Waals surface area (Å²) in [5.74, 6) is -0.591. The van der Waals surface area contributed by atoms with Gasteiger partial charge in [-0.3, -0.25) is 14.5 Å². The van der Waals surface area contributed by atoms with Crippen molar-refractivity contribution in [3.05, 3.63) is 51.2 Å². The number of fused-ring (bicyclic) bond motifs is 3. The molecule has 1 aromatic heterocycles. The van der Waals surface area contributed by atoms with E-state index in [0.29, 0.717) is 31.3 Å². The normalized spacial score (nSPS) is 26.2. The molecule has 0 saturated carbocycles. The monoisotopic (exact) mass is 470 g/mol. The van der Waals surface area contributed by atoms with Gasteiger partial charge in [-0.1, -0.05) is 24.3 Å². The molecule has 0 spiro atoms. The van der Waals surface area contributed by atoms with E-state index in [1.54, 1.807) is 11.0 Å². The van der Waals surface area contributed by atoms with Crippen molar-refractivity contribution in [2.45, 2.75) is 51.2 Å². The number of aromatic nitrogens is 2. The van der Waals surface area contributed by atoms with Gasteiger partial charge in [0.05, 0.1) is 25.3 Å². The minimum atomic E-state index is -0.783. The van der Waals surface area contributed by atoms with Gasteiger partial charge in [0.25, 0.3) is 0 Å². The Bertz CT molecular complexity index is 1130. The highest BCUT2D eigenvalue weighted by molar-refractivity contribution is 7.12. The number of halogens is 1. The number of carbonyl (C=O) groups is 2. The molecule has 2 fully saturated rings. The second kappa shape index (κ2) is 8.70. The number of ether oxygens (including phenoxy) is 1. The molecule has 4 atom stereocenters. The summed E-state index contributed by atoms with van der Waals surface area (Å²) in [6, 6.07) is 4.01. The van der Waals surface area contributed by atoms with Crippen LogP contribution in [0.2, 0.25) is 0 Å². The summed E-state index contributed by atoms with van der Waals surface area (Å²) in [7, 11) is 0. The Morgan fingerprint density at radius 3 is 2.73 bits per heavy atom. The van der Waals surface area contributed by atoms with E-state index in [0.717, 1.165) is 28.1 Å². The number of carbonyl (C=O) groups excluding carboxylic acids is 2. The van der Waals surface area contributed by atoms with Crippen molar-refractivity contribution < 1.29 is 18.7 Å². The molecule has 3 aliphatic heterocycles. The fourth-order valence-electron chi connectivity index (χ4n) is 5.37. The van der Waals surface area contributed by atoms with Crippen LogP contribution in [0.4, 0.5) is 4.39 Å². The number of aryl methyl sites for hydroxylation is 1. The highest BCUT2D eigenvalue weighted by Gasteiger charge is 2.52. The summed E-state index contributed by atoms with van der Waals surface area (Å²) >= 11 is 1.46. The minimum absolute atomic E-state index is 0.00190. The van der Waals surface area contributed by atoms with Gasteiger partial charge in [-0.05, 0) is 49.6 Å². The maximum atomic E-state index is 13.6. The summed E-state index contributed by atoms with van der Waals surface area (Å²) in [5, 5.41) is 10.4. The van der Waals surface area contributed by atoms with Crippen LogP contribution in [0.1, 0.15) is 47.3 Å². The number of nitrogens with zero attached hydrogens (tertiary/aromatic N) is 4. The molecule has 0 bridgehead atoms. The van der Waals surface area contributed by atoms with Crippen LogP contribution < -0.4 is 0 Å². The lowest BCUT2D eigenvalue weighted by Crippen LogP contribution is -2.69. The maximum Gasteiger partial charge on any atom is 0.248 e. The van der Waals surface area contributed by atoms with E-state index in [9.17, 15) is 14.0 Å². The molecule has 7 nitrogen and oxygen atoms in total. The number of benzene rings is 1. The van der Waals surface area contributed by atoms with E-state index < -0.39 is 6.04 Å². The Kier molecular flexibility index (Phi) is 5.88. The Balaban J connectivity index is 1.45. The molecule has 33 heavy (non-hydrogen) atoms. The van der Waals surface area contributed by atoms with Gasteiger partial charge >= 0.3 is 0 Å². The molecule has 2 saturated heterocycles. The largest absolute Gasteiger partial charge is 0.378 e. The molecule has 4 heterocycles. The molecule has 5 rings (SSSR count). The second-order valence-corrected chi connectivity index (χ2v) is 9.86. The minimum Gasteiger partial charge on any atom is -0.378 e. The topological polar surface area (TPSA) is 75.6 Å². The number of piperazine rings is 1. The first-order valence-corrected chi connectivity index (χ1v) is 12.2. The average Bonchev–Trinajstić information content (AvgIpc) is 3.46. The molecule has 3 aliphatic rings. The van der Waals surface area contributed by atoms with Gasteiger partial charge in [-0.2, -0.15) is 0 Å². The second-order valence-electron chi connectivity index (χ2n) is 8.85. The predicted molar refractivity (Wildman–Crippen MR) is 122 cm³/mol. The third kappa shape index (κ3) is 3.72. The van der Waals surface area contributed by atoms with E-state index in [1.165, 1.54) is 23.5 Å². The van der Waals surface area contributed by atoms with E-state index in [1.807, 2.05) is 24.8 Å². The van der Waals surface area contributed by atoms with Gasteiger partial charge in [0.1, 0.15) is 15.8 Å². The zero-order valence-corrected chi connectivity index (χ0v) is 19.8. The number of hydrogen-bond acceptors (Lipinski definition) is 7. The number of amides is 1. The van der Waals surface area contributed by atoms with E-state index >= 15 is 0 Å². The predicted octanol–water partition coefficient (Wildman–Crippen LogP) is 2.79. The molecule has 0 radical (unpaired) electrons.